The van der Waals surface area contributed by atoms with Gasteiger partial charge in [-0.15, -0.1) is 11.3 Å². The number of hydrogen-bond acceptors (Lipinski definition) is 5. The number of ether oxygens (including phenoxy) is 1. The van der Waals surface area contributed by atoms with Gasteiger partial charge < -0.3 is 10.1 Å². The van der Waals surface area contributed by atoms with E-state index in [0.717, 1.165) is 10.6 Å². The molecule has 2 aromatic carbocycles. The van der Waals surface area contributed by atoms with Gasteiger partial charge >= 0.3 is 5.97 Å². The SMILES string of the molecule is Cc1ccc(-c2nc(COC(=O)CNC(=O)c3ccc(Cl)cc3Cl)cs2)cc1. The summed E-state index contributed by atoms with van der Waals surface area (Å²) in [7, 11) is 0. The van der Waals surface area contributed by atoms with Crippen LogP contribution in [0.5, 0.6) is 0 Å². The molecule has 28 heavy (non-hydrogen) atoms. The summed E-state index contributed by atoms with van der Waals surface area (Å²) in [6, 6.07) is 12.5. The number of aryl methyl sites for hydroxylation is 1. The van der Waals surface area contributed by atoms with Crippen LogP contribution in [0.25, 0.3) is 10.6 Å². The molecule has 0 unspecified atom stereocenters. The van der Waals surface area contributed by atoms with E-state index in [1.165, 1.54) is 29.0 Å². The Morgan fingerprint density at radius 2 is 1.89 bits per heavy atom. The van der Waals surface area contributed by atoms with Gasteiger partial charge in [0.05, 0.1) is 16.3 Å². The Labute approximate surface area is 176 Å². The summed E-state index contributed by atoms with van der Waals surface area (Å²) >= 11 is 13.3. The number of esters is 1. The highest BCUT2D eigenvalue weighted by Gasteiger charge is 2.13. The van der Waals surface area contributed by atoms with Crippen molar-refractivity contribution in [3.63, 3.8) is 0 Å². The highest BCUT2D eigenvalue weighted by molar-refractivity contribution is 7.13. The number of thiazole rings is 1. The van der Waals surface area contributed by atoms with E-state index < -0.39 is 11.9 Å². The average molecular weight is 435 g/mol. The van der Waals surface area contributed by atoms with Gasteiger partial charge in [0.25, 0.3) is 5.91 Å². The number of nitrogens with one attached hydrogen (secondary N) is 1. The van der Waals surface area contributed by atoms with Gasteiger partial charge in [-0.1, -0.05) is 53.0 Å². The Bertz CT molecular complexity index is 1000. The predicted molar refractivity (Wildman–Crippen MR) is 111 cm³/mol. The molecule has 1 N–H and O–H groups in total. The lowest BCUT2D eigenvalue weighted by molar-refractivity contribution is -0.143. The van der Waals surface area contributed by atoms with Gasteiger partial charge in [0.1, 0.15) is 18.2 Å². The van der Waals surface area contributed by atoms with Crippen LogP contribution < -0.4 is 5.32 Å². The molecule has 0 radical (unpaired) electrons. The zero-order chi connectivity index (χ0) is 20.1. The molecule has 0 atom stereocenters. The molecular formula is C20H16Cl2N2O3S. The molecule has 1 amide bonds. The average Bonchev–Trinajstić information content (AvgIpc) is 3.14. The Morgan fingerprint density at radius 3 is 2.61 bits per heavy atom. The van der Waals surface area contributed by atoms with Gasteiger partial charge in [0, 0.05) is 16.0 Å². The fraction of sp³-hybridized carbons (Fsp3) is 0.150. The van der Waals surface area contributed by atoms with Gasteiger partial charge in [-0.2, -0.15) is 0 Å². The van der Waals surface area contributed by atoms with E-state index in [9.17, 15) is 9.59 Å². The Balaban J connectivity index is 1.49. The van der Waals surface area contributed by atoms with Crippen LogP contribution in [0.3, 0.4) is 0 Å². The van der Waals surface area contributed by atoms with Crippen molar-refractivity contribution in [2.75, 3.05) is 6.54 Å². The molecular weight excluding hydrogens is 419 g/mol. The highest BCUT2D eigenvalue weighted by atomic mass is 35.5. The third-order valence-corrected chi connectivity index (χ3v) is 5.29. The Kier molecular flexibility index (Phi) is 6.67. The number of aromatic nitrogens is 1. The van der Waals surface area contributed by atoms with Crippen LogP contribution in [0.4, 0.5) is 0 Å². The summed E-state index contributed by atoms with van der Waals surface area (Å²) in [6.07, 6.45) is 0. The van der Waals surface area contributed by atoms with E-state index in [1.54, 1.807) is 6.07 Å². The number of amides is 1. The molecule has 0 spiro atoms. The number of nitrogens with zero attached hydrogens (tertiary/aromatic N) is 1. The zero-order valence-corrected chi connectivity index (χ0v) is 17.2. The summed E-state index contributed by atoms with van der Waals surface area (Å²) in [4.78, 5) is 28.4. The molecule has 0 aliphatic rings. The molecule has 0 fully saturated rings. The van der Waals surface area contributed by atoms with E-state index in [2.05, 4.69) is 10.3 Å². The van der Waals surface area contributed by atoms with E-state index in [4.69, 9.17) is 27.9 Å². The summed E-state index contributed by atoms with van der Waals surface area (Å²) in [5.41, 5.74) is 3.08. The van der Waals surface area contributed by atoms with Crippen LogP contribution >= 0.6 is 34.5 Å². The molecule has 0 saturated heterocycles. The second-order valence-corrected chi connectivity index (χ2v) is 7.68. The highest BCUT2D eigenvalue weighted by Crippen LogP contribution is 2.24. The van der Waals surface area contributed by atoms with Crippen LogP contribution in [-0.4, -0.2) is 23.4 Å². The molecule has 0 saturated carbocycles. The lowest BCUT2D eigenvalue weighted by Gasteiger charge is -2.07. The smallest absolute Gasteiger partial charge is 0.325 e. The van der Waals surface area contributed by atoms with Crippen molar-refractivity contribution >= 4 is 46.4 Å². The second-order valence-electron chi connectivity index (χ2n) is 5.98. The van der Waals surface area contributed by atoms with E-state index >= 15 is 0 Å². The minimum absolute atomic E-state index is 0.0404. The molecule has 144 valence electrons. The third-order valence-electron chi connectivity index (χ3n) is 3.80. The first-order chi connectivity index (χ1) is 13.4. The second kappa shape index (κ2) is 9.19. The minimum atomic E-state index is -0.566. The van der Waals surface area contributed by atoms with E-state index in [1.807, 2.05) is 36.6 Å². The van der Waals surface area contributed by atoms with Crippen molar-refractivity contribution in [2.24, 2.45) is 0 Å². The fourth-order valence-electron chi connectivity index (χ4n) is 2.33. The van der Waals surface area contributed by atoms with E-state index in [0.29, 0.717) is 10.7 Å². The molecule has 3 rings (SSSR count). The van der Waals surface area contributed by atoms with Crippen molar-refractivity contribution in [1.82, 2.24) is 10.3 Å². The lowest BCUT2D eigenvalue weighted by atomic mass is 10.2. The van der Waals surface area contributed by atoms with Gasteiger partial charge in [0.15, 0.2) is 0 Å². The number of carbonyl (C=O) groups is 2. The first-order valence-electron chi connectivity index (χ1n) is 8.32. The number of hydrogen-bond donors (Lipinski definition) is 1. The molecule has 5 nitrogen and oxygen atoms in total. The molecule has 0 bridgehead atoms. The van der Waals surface area contributed by atoms with Crippen LogP contribution in [0.1, 0.15) is 21.6 Å². The van der Waals surface area contributed by atoms with Gasteiger partial charge in [-0.3, -0.25) is 9.59 Å². The number of halogens is 2. The van der Waals surface area contributed by atoms with Gasteiger partial charge in [-0.05, 0) is 25.1 Å². The van der Waals surface area contributed by atoms with Crippen molar-refractivity contribution in [3.8, 4) is 10.6 Å². The largest absolute Gasteiger partial charge is 0.458 e. The van der Waals surface area contributed by atoms with Gasteiger partial charge in [-0.25, -0.2) is 4.98 Å². The summed E-state index contributed by atoms with van der Waals surface area (Å²) in [5, 5.41) is 5.81. The standard InChI is InChI=1S/C20H16Cl2N2O3S/c1-12-2-4-13(5-3-12)20-24-15(11-28-20)10-27-18(25)9-23-19(26)16-7-6-14(21)8-17(16)22/h2-8,11H,9-10H2,1H3,(H,23,26). The van der Waals surface area contributed by atoms with Crippen molar-refractivity contribution < 1.29 is 14.3 Å². The molecule has 1 aromatic heterocycles. The van der Waals surface area contributed by atoms with Crippen molar-refractivity contribution in [2.45, 2.75) is 13.5 Å². The quantitative estimate of drug-likeness (QED) is 0.560. The van der Waals surface area contributed by atoms with Crippen LogP contribution in [-0.2, 0) is 16.1 Å². The van der Waals surface area contributed by atoms with Crippen LogP contribution in [0.15, 0.2) is 47.8 Å². The molecule has 0 aliphatic heterocycles. The van der Waals surface area contributed by atoms with Crippen LogP contribution in [0.2, 0.25) is 10.0 Å². The lowest BCUT2D eigenvalue weighted by Crippen LogP contribution is -2.30. The van der Waals surface area contributed by atoms with Gasteiger partial charge in [0.2, 0.25) is 0 Å². The van der Waals surface area contributed by atoms with Crippen molar-refractivity contribution in [3.05, 3.63) is 74.7 Å². The third kappa shape index (κ3) is 5.32. The molecule has 3 aromatic rings. The molecule has 8 heteroatoms. The summed E-state index contributed by atoms with van der Waals surface area (Å²) in [6.45, 7) is 1.79. The first-order valence-corrected chi connectivity index (χ1v) is 9.96. The maximum Gasteiger partial charge on any atom is 0.325 e. The maximum atomic E-state index is 12.1. The topological polar surface area (TPSA) is 68.3 Å². The Morgan fingerprint density at radius 1 is 1.14 bits per heavy atom. The fourth-order valence-corrected chi connectivity index (χ4v) is 3.63. The number of carbonyl (C=O) groups excluding carboxylic acids is 2. The molecule has 0 aliphatic carbocycles. The summed E-state index contributed by atoms with van der Waals surface area (Å²) in [5.74, 6) is -1.04. The normalized spacial score (nSPS) is 10.5. The monoisotopic (exact) mass is 434 g/mol. The molecule has 1 heterocycles. The van der Waals surface area contributed by atoms with E-state index in [-0.39, 0.29) is 23.7 Å². The first kappa shape index (κ1) is 20.3. The van der Waals surface area contributed by atoms with Crippen LogP contribution in [0, 0.1) is 6.92 Å². The number of rotatable bonds is 6. The van der Waals surface area contributed by atoms with Crippen molar-refractivity contribution in [1.29, 1.82) is 0 Å². The number of benzene rings is 2. The predicted octanol–water partition coefficient (Wildman–Crippen LogP) is 4.90. The summed E-state index contributed by atoms with van der Waals surface area (Å²) < 4.78 is 5.17. The Hall–Kier alpha value is -2.41. The zero-order valence-electron chi connectivity index (χ0n) is 14.9. The maximum absolute atomic E-state index is 12.1. The minimum Gasteiger partial charge on any atom is -0.458 e.